The van der Waals surface area contributed by atoms with Crippen LogP contribution in [-0.4, -0.2) is 12.3 Å². The molecule has 0 spiro atoms. The molecule has 0 amide bonds. The van der Waals surface area contributed by atoms with Crippen LogP contribution in [0.5, 0.6) is 0 Å². The van der Waals surface area contributed by atoms with Gasteiger partial charge in [-0.05, 0) is 12.2 Å². The van der Waals surface area contributed by atoms with Crippen molar-refractivity contribution in [2.45, 2.75) is 0 Å². The topological polar surface area (TPSA) is 24.5 Å². The molecule has 0 bridgehead atoms. The first kappa shape index (κ1) is 5.18. The molecular formula is C5H8N2O. The summed E-state index contributed by atoms with van der Waals surface area (Å²) in [4.78, 5) is 4.78. The Kier molecular flexibility index (Phi) is 1.54. The van der Waals surface area contributed by atoms with E-state index >= 15 is 0 Å². The van der Waals surface area contributed by atoms with Crippen molar-refractivity contribution in [3.63, 3.8) is 0 Å². The Balaban J connectivity index is 2.40. The molecule has 1 aliphatic rings. The molecule has 3 nitrogen and oxygen atoms in total. The summed E-state index contributed by atoms with van der Waals surface area (Å²) in [5.41, 5.74) is 2.81. The van der Waals surface area contributed by atoms with Crippen LogP contribution in [-0.2, 0) is 4.84 Å². The standard InChI is InChI=1S/C5H8N2O/c1-8-7-5-3-2-4-6-7/h2-6H,1H3. The highest BCUT2D eigenvalue weighted by Gasteiger charge is 1.90. The minimum atomic E-state index is 1.50. The molecule has 0 unspecified atom stereocenters. The first-order valence-corrected chi connectivity index (χ1v) is 2.36. The average molecular weight is 112 g/mol. The Labute approximate surface area is 48.2 Å². The van der Waals surface area contributed by atoms with Crippen LogP contribution in [0.25, 0.3) is 0 Å². The van der Waals surface area contributed by atoms with E-state index in [0.29, 0.717) is 0 Å². The molecule has 3 heteroatoms. The van der Waals surface area contributed by atoms with E-state index in [1.54, 1.807) is 19.5 Å². The molecule has 0 aromatic rings. The van der Waals surface area contributed by atoms with Gasteiger partial charge in [-0.2, -0.15) is 5.17 Å². The van der Waals surface area contributed by atoms with Crippen LogP contribution in [0.3, 0.4) is 0 Å². The molecule has 8 heavy (non-hydrogen) atoms. The lowest BCUT2D eigenvalue weighted by Gasteiger charge is -2.17. The Bertz CT molecular complexity index is 120. The summed E-state index contributed by atoms with van der Waals surface area (Å²) in [7, 11) is 1.59. The molecule has 0 atom stereocenters. The van der Waals surface area contributed by atoms with Crippen molar-refractivity contribution >= 4 is 0 Å². The lowest BCUT2D eigenvalue weighted by atomic mass is 10.5. The molecule has 1 N–H and O–H groups in total. The summed E-state index contributed by atoms with van der Waals surface area (Å²) in [6.07, 6.45) is 7.32. The molecular weight excluding hydrogens is 104 g/mol. The summed E-state index contributed by atoms with van der Waals surface area (Å²) in [6, 6.07) is 0. The third kappa shape index (κ3) is 1.01. The van der Waals surface area contributed by atoms with Gasteiger partial charge >= 0.3 is 0 Å². The van der Waals surface area contributed by atoms with E-state index in [0.717, 1.165) is 0 Å². The fourth-order valence-corrected chi connectivity index (χ4v) is 0.457. The van der Waals surface area contributed by atoms with E-state index in [-0.39, 0.29) is 0 Å². The average Bonchev–Trinajstić information content (AvgIpc) is 1.90. The first-order valence-electron chi connectivity index (χ1n) is 2.36. The zero-order valence-electron chi connectivity index (χ0n) is 4.66. The summed E-state index contributed by atoms with van der Waals surface area (Å²) >= 11 is 0. The molecule has 0 saturated heterocycles. The lowest BCUT2D eigenvalue weighted by Crippen LogP contribution is -2.28. The molecule has 0 saturated carbocycles. The second-order valence-electron chi connectivity index (χ2n) is 1.34. The predicted octanol–water partition coefficient (Wildman–Crippen LogP) is 0.395. The molecule has 0 fully saturated rings. The van der Waals surface area contributed by atoms with Crippen molar-refractivity contribution in [3.05, 3.63) is 24.6 Å². The molecule has 0 aliphatic carbocycles. The second kappa shape index (κ2) is 2.37. The number of hydrogen-bond donors (Lipinski definition) is 1. The highest BCUT2D eigenvalue weighted by Crippen LogP contribution is 1.89. The van der Waals surface area contributed by atoms with Gasteiger partial charge in [0.25, 0.3) is 0 Å². The van der Waals surface area contributed by atoms with Crippen molar-refractivity contribution in [3.8, 4) is 0 Å². The van der Waals surface area contributed by atoms with Gasteiger partial charge in [0.2, 0.25) is 0 Å². The monoisotopic (exact) mass is 112 g/mol. The van der Waals surface area contributed by atoms with Gasteiger partial charge in [-0.3, -0.25) is 10.3 Å². The first-order chi connectivity index (χ1) is 3.93. The number of allylic oxidation sites excluding steroid dienone is 2. The van der Waals surface area contributed by atoms with Gasteiger partial charge in [0.05, 0.1) is 13.3 Å². The van der Waals surface area contributed by atoms with Crippen LogP contribution in [0.15, 0.2) is 24.6 Å². The smallest absolute Gasteiger partial charge is 0.0661 e. The van der Waals surface area contributed by atoms with Crippen LogP contribution >= 0.6 is 0 Å². The van der Waals surface area contributed by atoms with E-state index in [1.165, 1.54) is 5.17 Å². The molecule has 44 valence electrons. The molecule has 0 aromatic heterocycles. The van der Waals surface area contributed by atoms with Gasteiger partial charge < -0.3 is 0 Å². The number of hydroxylamine groups is 1. The van der Waals surface area contributed by atoms with E-state index in [4.69, 9.17) is 4.84 Å². The van der Waals surface area contributed by atoms with E-state index in [1.807, 2.05) is 12.2 Å². The van der Waals surface area contributed by atoms with Crippen LogP contribution in [0.1, 0.15) is 0 Å². The molecule has 0 aromatic carbocycles. The largest absolute Gasteiger partial charge is 0.282 e. The van der Waals surface area contributed by atoms with Gasteiger partial charge in [-0.25, -0.2) is 0 Å². The Hall–Kier alpha value is -0.960. The van der Waals surface area contributed by atoms with Crippen LogP contribution < -0.4 is 5.43 Å². The Morgan fingerprint density at radius 3 is 2.75 bits per heavy atom. The van der Waals surface area contributed by atoms with Crippen molar-refractivity contribution in [2.75, 3.05) is 7.11 Å². The summed E-state index contributed by atoms with van der Waals surface area (Å²) in [5.74, 6) is 0. The summed E-state index contributed by atoms with van der Waals surface area (Å²) in [5, 5.41) is 1.50. The maximum atomic E-state index is 4.78. The van der Waals surface area contributed by atoms with Crippen molar-refractivity contribution < 1.29 is 4.84 Å². The van der Waals surface area contributed by atoms with E-state index in [2.05, 4.69) is 5.43 Å². The van der Waals surface area contributed by atoms with E-state index < -0.39 is 0 Å². The van der Waals surface area contributed by atoms with Gasteiger partial charge in [-0.15, -0.1) is 0 Å². The SMILES string of the molecule is CON1C=CC=CN1. The minimum Gasteiger partial charge on any atom is -0.282 e. The maximum absolute atomic E-state index is 4.78. The minimum absolute atomic E-state index is 1.50. The van der Waals surface area contributed by atoms with Crippen molar-refractivity contribution in [1.82, 2.24) is 10.6 Å². The Morgan fingerprint density at radius 2 is 2.38 bits per heavy atom. The highest BCUT2D eigenvalue weighted by molar-refractivity contribution is 5.03. The number of nitrogens with one attached hydrogen (secondary N) is 1. The van der Waals surface area contributed by atoms with Crippen LogP contribution in [0.4, 0.5) is 0 Å². The number of hydrogen-bond acceptors (Lipinski definition) is 3. The number of hydrazine groups is 1. The predicted molar refractivity (Wildman–Crippen MR) is 30.3 cm³/mol. The van der Waals surface area contributed by atoms with Crippen LogP contribution in [0, 0.1) is 0 Å². The summed E-state index contributed by atoms with van der Waals surface area (Å²) < 4.78 is 0. The summed E-state index contributed by atoms with van der Waals surface area (Å²) in [6.45, 7) is 0. The third-order valence-electron chi connectivity index (χ3n) is 0.827. The van der Waals surface area contributed by atoms with Gasteiger partial charge in [0, 0.05) is 6.20 Å². The molecule has 0 radical (unpaired) electrons. The zero-order chi connectivity index (χ0) is 5.82. The zero-order valence-corrected chi connectivity index (χ0v) is 4.66. The van der Waals surface area contributed by atoms with Crippen molar-refractivity contribution in [2.24, 2.45) is 0 Å². The van der Waals surface area contributed by atoms with Gasteiger partial charge in [0.1, 0.15) is 0 Å². The second-order valence-corrected chi connectivity index (χ2v) is 1.34. The van der Waals surface area contributed by atoms with Crippen LogP contribution in [0.2, 0.25) is 0 Å². The lowest BCUT2D eigenvalue weighted by molar-refractivity contribution is -0.118. The quantitative estimate of drug-likeness (QED) is 0.531. The van der Waals surface area contributed by atoms with E-state index in [9.17, 15) is 0 Å². The molecule has 1 heterocycles. The fraction of sp³-hybridized carbons (Fsp3) is 0.200. The molecule has 1 rings (SSSR count). The number of rotatable bonds is 1. The highest BCUT2D eigenvalue weighted by atomic mass is 16.7. The van der Waals surface area contributed by atoms with Gasteiger partial charge in [-0.1, -0.05) is 0 Å². The fourth-order valence-electron chi connectivity index (χ4n) is 0.457. The molecule has 1 aliphatic heterocycles. The normalized spacial score (nSPS) is 16.4. The van der Waals surface area contributed by atoms with Gasteiger partial charge in [0.15, 0.2) is 0 Å². The Morgan fingerprint density at radius 1 is 1.50 bits per heavy atom. The number of nitrogens with zero attached hydrogens (tertiary/aromatic N) is 1. The van der Waals surface area contributed by atoms with Crippen molar-refractivity contribution in [1.29, 1.82) is 0 Å². The third-order valence-corrected chi connectivity index (χ3v) is 0.827. The maximum Gasteiger partial charge on any atom is 0.0661 e.